The molecule has 0 aliphatic carbocycles. The van der Waals surface area contributed by atoms with Gasteiger partial charge in [-0.3, -0.25) is 4.79 Å². The highest BCUT2D eigenvalue weighted by Crippen LogP contribution is 2.29. The molecule has 0 saturated carbocycles. The van der Waals surface area contributed by atoms with E-state index in [1.807, 2.05) is 29.2 Å². The normalized spacial score (nSPS) is 14.1. The molecule has 1 saturated heterocycles. The number of hydrogen-bond acceptors (Lipinski definition) is 5. The fourth-order valence-electron chi connectivity index (χ4n) is 3.32. The molecule has 0 aromatic heterocycles. The van der Waals surface area contributed by atoms with E-state index in [2.05, 4.69) is 30.9 Å². The average Bonchev–Trinajstić information content (AvgIpc) is 2.77. The van der Waals surface area contributed by atoms with Crippen molar-refractivity contribution in [3.8, 4) is 17.2 Å². The van der Waals surface area contributed by atoms with Gasteiger partial charge in [0.05, 0.1) is 20.8 Å². The standard InChI is InChI=1S/C23H30N2O4/c1-17(2)16-29-21-10-5-18(15-22(21)28-4)23(26)25-13-11-24(12-14-25)19-6-8-20(27-3)9-7-19/h5-10,15,17H,11-14,16H2,1-4H3. The number of carbonyl (C=O) groups excluding carboxylic acids is 1. The first-order chi connectivity index (χ1) is 14.0. The molecule has 1 aliphatic rings. The maximum absolute atomic E-state index is 13.0. The van der Waals surface area contributed by atoms with Crippen molar-refractivity contribution in [2.24, 2.45) is 5.92 Å². The van der Waals surface area contributed by atoms with E-state index in [0.717, 1.165) is 24.5 Å². The minimum absolute atomic E-state index is 0.0214. The van der Waals surface area contributed by atoms with Gasteiger partial charge in [0.2, 0.25) is 0 Å². The number of amides is 1. The molecule has 1 heterocycles. The lowest BCUT2D eigenvalue weighted by atomic mass is 10.1. The predicted molar refractivity (Wildman–Crippen MR) is 114 cm³/mol. The highest BCUT2D eigenvalue weighted by atomic mass is 16.5. The summed E-state index contributed by atoms with van der Waals surface area (Å²) in [5, 5.41) is 0. The minimum atomic E-state index is 0.0214. The first kappa shape index (κ1) is 20.8. The monoisotopic (exact) mass is 398 g/mol. The fraction of sp³-hybridized carbons (Fsp3) is 0.435. The molecule has 3 rings (SSSR count). The summed E-state index contributed by atoms with van der Waals surface area (Å²) in [7, 11) is 3.26. The van der Waals surface area contributed by atoms with E-state index in [9.17, 15) is 4.79 Å². The molecule has 0 unspecified atom stereocenters. The number of nitrogens with zero attached hydrogens (tertiary/aromatic N) is 2. The second-order valence-electron chi connectivity index (χ2n) is 7.55. The zero-order valence-corrected chi connectivity index (χ0v) is 17.7. The Kier molecular flexibility index (Phi) is 6.86. The van der Waals surface area contributed by atoms with Crippen LogP contribution in [0.25, 0.3) is 0 Å². The zero-order chi connectivity index (χ0) is 20.8. The van der Waals surface area contributed by atoms with Crippen LogP contribution in [0.1, 0.15) is 24.2 Å². The van der Waals surface area contributed by atoms with Crippen LogP contribution >= 0.6 is 0 Å². The van der Waals surface area contributed by atoms with Gasteiger partial charge in [0.25, 0.3) is 5.91 Å². The summed E-state index contributed by atoms with van der Waals surface area (Å²) in [6.45, 7) is 7.75. The van der Waals surface area contributed by atoms with Crippen molar-refractivity contribution in [3.63, 3.8) is 0 Å². The first-order valence-corrected chi connectivity index (χ1v) is 10.0. The molecule has 2 aromatic rings. The number of hydrogen-bond donors (Lipinski definition) is 0. The maximum Gasteiger partial charge on any atom is 0.254 e. The molecule has 6 nitrogen and oxygen atoms in total. The molecule has 0 N–H and O–H groups in total. The van der Waals surface area contributed by atoms with Crippen LogP contribution < -0.4 is 19.1 Å². The number of benzene rings is 2. The Hall–Kier alpha value is -2.89. The lowest BCUT2D eigenvalue weighted by Gasteiger charge is -2.36. The Morgan fingerprint density at radius 3 is 2.21 bits per heavy atom. The summed E-state index contributed by atoms with van der Waals surface area (Å²) in [5.74, 6) is 2.55. The molecule has 0 radical (unpaired) electrons. The van der Waals surface area contributed by atoms with Gasteiger partial charge in [-0.05, 0) is 48.4 Å². The molecule has 29 heavy (non-hydrogen) atoms. The zero-order valence-electron chi connectivity index (χ0n) is 17.7. The van der Waals surface area contributed by atoms with Gasteiger partial charge >= 0.3 is 0 Å². The topological polar surface area (TPSA) is 51.2 Å². The molecular formula is C23H30N2O4. The van der Waals surface area contributed by atoms with Crippen molar-refractivity contribution in [1.82, 2.24) is 4.90 Å². The van der Waals surface area contributed by atoms with Crippen LogP contribution in [0.15, 0.2) is 42.5 Å². The van der Waals surface area contributed by atoms with Crippen molar-refractivity contribution in [2.45, 2.75) is 13.8 Å². The van der Waals surface area contributed by atoms with Gasteiger partial charge in [-0.2, -0.15) is 0 Å². The number of anilines is 1. The Morgan fingerprint density at radius 2 is 1.62 bits per heavy atom. The minimum Gasteiger partial charge on any atom is -0.497 e. The second kappa shape index (κ2) is 9.54. The van der Waals surface area contributed by atoms with E-state index >= 15 is 0 Å². The van der Waals surface area contributed by atoms with Crippen LogP contribution in [0.4, 0.5) is 5.69 Å². The van der Waals surface area contributed by atoms with E-state index in [0.29, 0.717) is 42.7 Å². The smallest absolute Gasteiger partial charge is 0.254 e. The van der Waals surface area contributed by atoms with Crippen molar-refractivity contribution >= 4 is 11.6 Å². The van der Waals surface area contributed by atoms with Crippen LogP contribution in [-0.4, -0.2) is 57.8 Å². The third-order valence-corrected chi connectivity index (χ3v) is 4.99. The predicted octanol–water partition coefficient (Wildman–Crippen LogP) is 3.70. The van der Waals surface area contributed by atoms with E-state index in [-0.39, 0.29) is 5.91 Å². The largest absolute Gasteiger partial charge is 0.497 e. The quantitative estimate of drug-likeness (QED) is 0.712. The SMILES string of the molecule is COc1ccc(N2CCN(C(=O)c3ccc(OCC(C)C)c(OC)c3)CC2)cc1. The third kappa shape index (κ3) is 5.13. The molecule has 156 valence electrons. The molecule has 1 aliphatic heterocycles. The van der Waals surface area contributed by atoms with E-state index < -0.39 is 0 Å². The van der Waals surface area contributed by atoms with Crippen LogP contribution in [-0.2, 0) is 0 Å². The van der Waals surface area contributed by atoms with Gasteiger partial charge in [-0.25, -0.2) is 0 Å². The fourth-order valence-corrected chi connectivity index (χ4v) is 3.32. The first-order valence-electron chi connectivity index (χ1n) is 10.0. The summed E-state index contributed by atoms with van der Waals surface area (Å²) in [5.41, 5.74) is 1.77. The summed E-state index contributed by atoms with van der Waals surface area (Å²) in [6, 6.07) is 13.4. The average molecular weight is 399 g/mol. The van der Waals surface area contributed by atoms with Crippen molar-refractivity contribution in [1.29, 1.82) is 0 Å². The van der Waals surface area contributed by atoms with Crippen LogP contribution in [0, 0.1) is 5.92 Å². The summed E-state index contributed by atoms with van der Waals surface area (Å²) >= 11 is 0. The molecular weight excluding hydrogens is 368 g/mol. The van der Waals surface area contributed by atoms with Gasteiger partial charge in [0.1, 0.15) is 5.75 Å². The Balaban J connectivity index is 1.62. The van der Waals surface area contributed by atoms with Crippen LogP contribution in [0.2, 0.25) is 0 Å². The molecule has 0 atom stereocenters. The Labute approximate surface area is 173 Å². The van der Waals surface area contributed by atoms with Crippen LogP contribution in [0.5, 0.6) is 17.2 Å². The number of piperazine rings is 1. The molecule has 6 heteroatoms. The molecule has 0 spiro atoms. The number of methoxy groups -OCH3 is 2. The van der Waals surface area contributed by atoms with Crippen molar-refractivity contribution in [3.05, 3.63) is 48.0 Å². The van der Waals surface area contributed by atoms with E-state index in [1.54, 1.807) is 20.3 Å². The third-order valence-electron chi connectivity index (χ3n) is 4.99. The lowest BCUT2D eigenvalue weighted by molar-refractivity contribution is 0.0746. The van der Waals surface area contributed by atoms with E-state index in [1.165, 1.54) is 0 Å². The number of carbonyl (C=O) groups is 1. The lowest BCUT2D eigenvalue weighted by Crippen LogP contribution is -2.48. The van der Waals surface area contributed by atoms with Crippen molar-refractivity contribution in [2.75, 3.05) is 51.9 Å². The summed E-state index contributed by atoms with van der Waals surface area (Å²) in [4.78, 5) is 17.1. The van der Waals surface area contributed by atoms with E-state index in [4.69, 9.17) is 14.2 Å². The van der Waals surface area contributed by atoms with Crippen LogP contribution in [0.3, 0.4) is 0 Å². The number of rotatable bonds is 7. The van der Waals surface area contributed by atoms with Crippen molar-refractivity contribution < 1.29 is 19.0 Å². The maximum atomic E-state index is 13.0. The summed E-state index contributed by atoms with van der Waals surface area (Å²) in [6.07, 6.45) is 0. The molecule has 0 bridgehead atoms. The van der Waals surface area contributed by atoms with Gasteiger partial charge in [0.15, 0.2) is 11.5 Å². The van der Waals surface area contributed by atoms with Gasteiger partial charge in [-0.1, -0.05) is 13.8 Å². The number of ether oxygens (including phenoxy) is 3. The highest BCUT2D eigenvalue weighted by molar-refractivity contribution is 5.95. The Morgan fingerprint density at radius 1 is 0.931 bits per heavy atom. The molecule has 1 amide bonds. The summed E-state index contributed by atoms with van der Waals surface area (Å²) < 4.78 is 16.4. The second-order valence-corrected chi connectivity index (χ2v) is 7.55. The van der Waals surface area contributed by atoms with Gasteiger partial charge < -0.3 is 24.0 Å². The van der Waals surface area contributed by atoms with Gasteiger partial charge in [0, 0.05) is 37.4 Å². The van der Waals surface area contributed by atoms with Gasteiger partial charge in [-0.15, -0.1) is 0 Å². The Bertz CT molecular complexity index is 812. The molecule has 1 fully saturated rings. The highest BCUT2D eigenvalue weighted by Gasteiger charge is 2.23. The molecule has 2 aromatic carbocycles.